The Bertz CT molecular complexity index is 89.3. The van der Waals surface area contributed by atoms with Gasteiger partial charge in [-0.3, -0.25) is 0 Å². The standard InChI is InChI=1S/C8H16O2/c1-10-6-5-8(9)7-3-2-4-7/h7-9H,2-6H2,1H3. The van der Waals surface area contributed by atoms with E-state index < -0.39 is 0 Å². The summed E-state index contributed by atoms with van der Waals surface area (Å²) < 4.78 is 4.87. The largest absolute Gasteiger partial charge is 0.393 e. The first-order chi connectivity index (χ1) is 4.84. The lowest BCUT2D eigenvalue weighted by molar-refractivity contribution is 0.0341. The second kappa shape index (κ2) is 3.94. The summed E-state index contributed by atoms with van der Waals surface area (Å²) in [6.45, 7) is 0.692. The molecule has 1 unspecified atom stereocenters. The van der Waals surface area contributed by atoms with Gasteiger partial charge in [0.05, 0.1) is 6.10 Å². The molecule has 0 heterocycles. The van der Waals surface area contributed by atoms with Gasteiger partial charge < -0.3 is 9.84 Å². The van der Waals surface area contributed by atoms with E-state index in [1.54, 1.807) is 7.11 Å². The van der Waals surface area contributed by atoms with Gasteiger partial charge in [-0.2, -0.15) is 0 Å². The number of aliphatic hydroxyl groups excluding tert-OH is 1. The van der Waals surface area contributed by atoms with Gasteiger partial charge in [0.25, 0.3) is 0 Å². The molecule has 1 saturated carbocycles. The first-order valence-corrected chi connectivity index (χ1v) is 4.01. The monoisotopic (exact) mass is 144 g/mol. The molecule has 2 nitrogen and oxygen atoms in total. The minimum atomic E-state index is -0.103. The highest BCUT2D eigenvalue weighted by Gasteiger charge is 2.24. The number of aliphatic hydroxyl groups is 1. The summed E-state index contributed by atoms with van der Waals surface area (Å²) in [5.41, 5.74) is 0. The molecular formula is C8H16O2. The molecule has 0 bridgehead atoms. The molecule has 1 N–H and O–H groups in total. The van der Waals surface area contributed by atoms with E-state index in [2.05, 4.69) is 0 Å². The van der Waals surface area contributed by atoms with Crippen LogP contribution >= 0.6 is 0 Å². The average molecular weight is 144 g/mol. The fourth-order valence-corrected chi connectivity index (χ4v) is 1.30. The van der Waals surface area contributed by atoms with Crippen molar-refractivity contribution < 1.29 is 9.84 Å². The molecule has 2 heteroatoms. The molecule has 0 radical (unpaired) electrons. The van der Waals surface area contributed by atoms with Crippen LogP contribution in [0.2, 0.25) is 0 Å². The van der Waals surface area contributed by atoms with E-state index in [4.69, 9.17) is 4.74 Å². The van der Waals surface area contributed by atoms with Gasteiger partial charge in [0, 0.05) is 13.7 Å². The predicted octanol–water partition coefficient (Wildman–Crippen LogP) is 1.18. The Kier molecular flexibility index (Phi) is 3.16. The molecule has 0 aromatic heterocycles. The van der Waals surface area contributed by atoms with Crippen LogP contribution in [-0.4, -0.2) is 24.9 Å². The second-order valence-corrected chi connectivity index (χ2v) is 3.04. The lowest BCUT2D eigenvalue weighted by atomic mass is 9.80. The maximum absolute atomic E-state index is 9.42. The Morgan fingerprint density at radius 1 is 1.60 bits per heavy atom. The molecular weight excluding hydrogens is 128 g/mol. The average Bonchev–Trinajstić information content (AvgIpc) is 1.79. The summed E-state index contributed by atoms with van der Waals surface area (Å²) in [5.74, 6) is 0.579. The van der Waals surface area contributed by atoms with Crippen molar-refractivity contribution in [2.45, 2.75) is 31.8 Å². The maximum Gasteiger partial charge on any atom is 0.0590 e. The van der Waals surface area contributed by atoms with Crippen LogP contribution in [0.15, 0.2) is 0 Å². The van der Waals surface area contributed by atoms with Crippen molar-refractivity contribution in [2.24, 2.45) is 5.92 Å². The lowest BCUT2D eigenvalue weighted by Crippen LogP contribution is -2.27. The lowest BCUT2D eigenvalue weighted by Gasteiger charge is -2.29. The van der Waals surface area contributed by atoms with Crippen LogP contribution in [0.25, 0.3) is 0 Å². The van der Waals surface area contributed by atoms with Gasteiger partial charge in [-0.1, -0.05) is 6.42 Å². The first kappa shape index (κ1) is 8.02. The number of hydrogen-bond acceptors (Lipinski definition) is 2. The van der Waals surface area contributed by atoms with E-state index in [0.717, 1.165) is 6.42 Å². The number of methoxy groups -OCH3 is 1. The summed E-state index contributed by atoms with van der Waals surface area (Å²) in [7, 11) is 1.67. The molecule has 1 aliphatic carbocycles. The third-order valence-corrected chi connectivity index (χ3v) is 2.31. The quantitative estimate of drug-likeness (QED) is 0.642. The molecule has 0 aromatic rings. The van der Waals surface area contributed by atoms with Gasteiger partial charge in [0.1, 0.15) is 0 Å². The van der Waals surface area contributed by atoms with Crippen molar-refractivity contribution in [3.05, 3.63) is 0 Å². The Morgan fingerprint density at radius 3 is 2.70 bits per heavy atom. The van der Waals surface area contributed by atoms with Crippen LogP contribution in [-0.2, 0) is 4.74 Å². The predicted molar refractivity (Wildman–Crippen MR) is 39.8 cm³/mol. The zero-order chi connectivity index (χ0) is 7.40. The fraction of sp³-hybridized carbons (Fsp3) is 1.00. The summed E-state index contributed by atoms with van der Waals surface area (Å²) in [5, 5.41) is 9.42. The van der Waals surface area contributed by atoms with Gasteiger partial charge in [-0.25, -0.2) is 0 Å². The molecule has 0 spiro atoms. The maximum atomic E-state index is 9.42. The molecule has 60 valence electrons. The highest BCUT2D eigenvalue weighted by molar-refractivity contribution is 4.76. The minimum absolute atomic E-state index is 0.103. The van der Waals surface area contributed by atoms with E-state index in [0.29, 0.717) is 12.5 Å². The third kappa shape index (κ3) is 1.96. The highest BCUT2D eigenvalue weighted by atomic mass is 16.5. The third-order valence-electron chi connectivity index (χ3n) is 2.31. The SMILES string of the molecule is COCCC(O)C1CCC1. The Hall–Kier alpha value is -0.0800. The Morgan fingerprint density at radius 2 is 2.30 bits per heavy atom. The first-order valence-electron chi connectivity index (χ1n) is 4.01. The van der Waals surface area contributed by atoms with Crippen LogP contribution in [0.4, 0.5) is 0 Å². The molecule has 0 saturated heterocycles. The number of rotatable bonds is 4. The zero-order valence-corrected chi connectivity index (χ0v) is 6.55. The Labute approximate surface area is 62.2 Å². The summed E-state index contributed by atoms with van der Waals surface area (Å²) >= 11 is 0. The van der Waals surface area contributed by atoms with Gasteiger partial charge >= 0.3 is 0 Å². The zero-order valence-electron chi connectivity index (χ0n) is 6.55. The van der Waals surface area contributed by atoms with Gasteiger partial charge in [0.15, 0.2) is 0 Å². The van der Waals surface area contributed by atoms with Crippen molar-refractivity contribution in [2.75, 3.05) is 13.7 Å². The summed E-state index contributed by atoms with van der Waals surface area (Å²) in [6, 6.07) is 0. The summed E-state index contributed by atoms with van der Waals surface area (Å²) in [6.07, 6.45) is 4.43. The van der Waals surface area contributed by atoms with E-state index in [1.165, 1.54) is 19.3 Å². The van der Waals surface area contributed by atoms with Crippen LogP contribution in [0.5, 0.6) is 0 Å². The fourth-order valence-electron chi connectivity index (χ4n) is 1.30. The highest BCUT2D eigenvalue weighted by Crippen LogP contribution is 2.30. The molecule has 0 aliphatic heterocycles. The number of ether oxygens (including phenoxy) is 1. The topological polar surface area (TPSA) is 29.5 Å². The van der Waals surface area contributed by atoms with E-state index in [9.17, 15) is 5.11 Å². The van der Waals surface area contributed by atoms with Crippen molar-refractivity contribution >= 4 is 0 Å². The van der Waals surface area contributed by atoms with Gasteiger partial charge in [0.2, 0.25) is 0 Å². The minimum Gasteiger partial charge on any atom is -0.393 e. The van der Waals surface area contributed by atoms with E-state index in [-0.39, 0.29) is 6.10 Å². The van der Waals surface area contributed by atoms with Gasteiger partial charge in [-0.15, -0.1) is 0 Å². The normalized spacial score (nSPS) is 22.2. The van der Waals surface area contributed by atoms with Crippen molar-refractivity contribution in [3.8, 4) is 0 Å². The van der Waals surface area contributed by atoms with Crippen molar-refractivity contribution in [1.29, 1.82) is 0 Å². The van der Waals surface area contributed by atoms with Crippen LogP contribution in [0, 0.1) is 5.92 Å². The van der Waals surface area contributed by atoms with E-state index in [1.807, 2.05) is 0 Å². The second-order valence-electron chi connectivity index (χ2n) is 3.04. The summed E-state index contributed by atoms with van der Waals surface area (Å²) in [4.78, 5) is 0. The Balaban J connectivity index is 2.02. The molecule has 1 aliphatic rings. The van der Waals surface area contributed by atoms with Crippen LogP contribution < -0.4 is 0 Å². The smallest absolute Gasteiger partial charge is 0.0590 e. The van der Waals surface area contributed by atoms with Crippen LogP contribution in [0.3, 0.4) is 0 Å². The van der Waals surface area contributed by atoms with Crippen molar-refractivity contribution in [1.82, 2.24) is 0 Å². The molecule has 1 rings (SSSR count). The molecule has 1 atom stereocenters. The van der Waals surface area contributed by atoms with Gasteiger partial charge in [-0.05, 0) is 25.2 Å². The molecule has 0 aromatic carbocycles. The molecule has 10 heavy (non-hydrogen) atoms. The van der Waals surface area contributed by atoms with E-state index >= 15 is 0 Å². The van der Waals surface area contributed by atoms with Crippen LogP contribution in [0.1, 0.15) is 25.7 Å². The van der Waals surface area contributed by atoms with Crippen molar-refractivity contribution in [3.63, 3.8) is 0 Å². The number of hydrogen-bond donors (Lipinski definition) is 1. The molecule has 0 amide bonds. The molecule has 1 fully saturated rings.